The van der Waals surface area contributed by atoms with E-state index in [-0.39, 0.29) is 5.75 Å². The normalized spacial score (nSPS) is 12.1. The Morgan fingerprint density at radius 1 is 1.00 bits per heavy atom. The van der Waals surface area contributed by atoms with Gasteiger partial charge in [0.05, 0.1) is 7.11 Å². The second-order valence-corrected chi connectivity index (χ2v) is 3.74. The zero-order valence-corrected chi connectivity index (χ0v) is 9.50. The molecule has 17 heavy (non-hydrogen) atoms. The van der Waals surface area contributed by atoms with Gasteiger partial charge in [0.25, 0.3) is 0 Å². The van der Waals surface area contributed by atoms with Gasteiger partial charge in [-0.2, -0.15) is 0 Å². The van der Waals surface area contributed by atoms with Crippen LogP contribution in [0.3, 0.4) is 0 Å². The molecule has 2 rings (SSSR count). The summed E-state index contributed by atoms with van der Waals surface area (Å²) in [5.74, 6) is 0.425. The molecule has 2 aromatic carbocycles. The van der Waals surface area contributed by atoms with Crippen LogP contribution in [0.1, 0.15) is 17.2 Å². The van der Waals surface area contributed by atoms with E-state index >= 15 is 0 Å². The summed E-state index contributed by atoms with van der Waals surface area (Å²) in [6.07, 6.45) is -0.717. The summed E-state index contributed by atoms with van der Waals surface area (Å²) in [4.78, 5) is 0. The van der Waals surface area contributed by atoms with E-state index in [9.17, 15) is 10.2 Å². The zero-order chi connectivity index (χ0) is 12.3. The fourth-order valence-electron chi connectivity index (χ4n) is 1.69. The number of aliphatic hydroxyl groups is 1. The molecule has 0 amide bonds. The molecule has 2 aromatic rings. The Morgan fingerprint density at radius 2 is 1.71 bits per heavy atom. The lowest BCUT2D eigenvalue weighted by Gasteiger charge is -2.13. The summed E-state index contributed by atoms with van der Waals surface area (Å²) in [5.41, 5.74) is 1.49. The number of phenolic OH excluding ortho intramolecular Hbond substituents is 1. The van der Waals surface area contributed by atoms with Crippen molar-refractivity contribution in [3.8, 4) is 11.5 Å². The molecule has 1 unspecified atom stereocenters. The van der Waals surface area contributed by atoms with E-state index in [1.165, 1.54) is 13.2 Å². The van der Waals surface area contributed by atoms with Crippen molar-refractivity contribution in [1.29, 1.82) is 0 Å². The van der Waals surface area contributed by atoms with E-state index in [1.807, 2.05) is 30.3 Å². The third-order valence-electron chi connectivity index (χ3n) is 2.63. The van der Waals surface area contributed by atoms with Gasteiger partial charge < -0.3 is 14.9 Å². The van der Waals surface area contributed by atoms with Crippen LogP contribution in [-0.4, -0.2) is 17.3 Å². The molecule has 0 spiro atoms. The number of methoxy groups -OCH3 is 1. The van der Waals surface area contributed by atoms with Crippen LogP contribution < -0.4 is 4.74 Å². The van der Waals surface area contributed by atoms with Crippen LogP contribution >= 0.6 is 0 Å². The highest BCUT2D eigenvalue weighted by Gasteiger charge is 2.12. The molecule has 3 nitrogen and oxygen atoms in total. The fraction of sp³-hybridized carbons (Fsp3) is 0.143. The first-order valence-corrected chi connectivity index (χ1v) is 5.32. The molecule has 0 saturated heterocycles. The third-order valence-corrected chi connectivity index (χ3v) is 2.63. The van der Waals surface area contributed by atoms with E-state index in [1.54, 1.807) is 12.1 Å². The second kappa shape index (κ2) is 4.89. The Balaban J connectivity index is 2.34. The van der Waals surface area contributed by atoms with E-state index in [2.05, 4.69) is 0 Å². The molecule has 0 fully saturated rings. The predicted molar refractivity (Wildman–Crippen MR) is 65.2 cm³/mol. The number of hydrogen-bond acceptors (Lipinski definition) is 3. The number of aromatic hydroxyl groups is 1. The summed E-state index contributed by atoms with van der Waals surface area (Å²) >= 11 is 0. The highest BCUT2D eigenvalue weighted by Crippen LogP contribution is 2.31. The molecule has 0 aromatic heterocycles. The Morgan fingerprint density at radius 3 is 2.35 bits per heavy atom. The van der Waals surface area contributed by atoms with Gasteiger partial charge in [-0.25, -0.2) is 0 Å². The van der Waals surface area contributed by atoms with Crippen LogP contribution in [0.25, 0.3) is 0 Å². The van der Waals surface area contributed by atoms with Gasteiger partial charge in [-0.3, -0.25) is 0 Å². The molecular weight excluding hydrogens is 216 g/mol. The van der Waals surface area contributed by atoms with Gasteiger partial charge in [-0.15, -0.1) is 0 Å². The predicted octanol–water partition coefficient (Wildman–Crippen LogP) is 2.48. The summed E-state index contributed by atoms with van der Waals surface area (Å²) in [6.45, 7) is 0. The minimum atomic E-state index is -0.717. The summed E-state index contributed by atoms with van der Waals surface area (Å²) in [6, 6.07) is 14.2. The van der Waals surface area contributed by atoms with Crippen LogP contribution in [0.4, 0.5) is 0 Å². The van der Waals surface area contributed by atoms with E-state index < -0.39 is 6.10 Å². The zero-order valence-electron chi connectivity index (χ0n) is 9.50. The second-order valence-electron chi connectivity index (χ2n) is 3.74. The maximum atomic E-state index is 10.2. The number of phenols is 1. The molecule has 1 atom stereocenters. The number of aliphatic hydroxyl groups excluding tert-OH is 1. The molecule has 0 bridgehead atoms. The molecule has 0 saturated carbocycles. The average Bonchev–Trinajstić information content (AvgIpc) is 2.39. The molecule has 0 aliphatic carbocycles. The van der Waals surface area contributed by atoms with Gasteiger partial charge >= 0.3 is 0 Å². The smallest absolute Gasteiger partial charge is 0.160 e. The number of benzene rings is 2. The van der Waals surface area contributed by atoms with E-state index in [0.29, 0.717) is 11.3 Å². The van der Waals surface area contributed by atoms with Crippen molar-refractivity contribution in [1.82, 2.24) is 0 Å². The third kappa shape index (κ3) is 2.40. The van der Waals surface area contributed by atoms with Crippen molar-refractivity contribution in [2.75, 3.05) is 7.11 Å². The van der Waals surface area contributed by atoms with Crippen molar-refractivity contribution in [3.63, 3.8) is 0 Å². The van der Waals surface area contributed by atoms with Crippen molar-refractivity contribution < 1.29 is 14.9 Å². The maximum Gasteiger partial charge on any atom is 0.160 e. The molecule has 88 valence electrons. The topological polar surface area (TPSA) is 49.7 Å². The molecule has 0 aliphatic heterocycles. The Bertz CT molecular complexity index is 494. The SMILES string of the molecule is COc1cc(C(O)c2ccccc2)ccc1O. The van der Waals surface area contributed by atoms with Crippen molar-refractivity contribution >= 4 is 0 Å². The lowest BCUT2D eigenvalue weighted by molar-refractivity contribution is 0.219. The molecule has 2 N–H and O–H groups in total. The Kier molecular flexibility index (Phi) is 3.30. The van der Waals surface area contributed by atoms with Gasteiger partial charge in [-0.1, -0.05) is 36.4 Å². The highest BCUT2D eigenvalue weighted by atomic mass is 16.5. The van der Waals surface area contributed by atoms with Gasteiger partial charge in [0.15, 0.2) is 11.5 Å². The summed E-state index contributed by atoms with van der Waals surface area (Å²) in [5, 5.41) is 19.6. The minimum absolute atomic E-state index is 0.0662. The number of hydrogen-bond donors (Lipinski definition) is 2. The number of rotatable bonds is 3. The lowest BCUT2D eigenvalue weighted by atomic mass is 10.0. The first kappa shape index (κ1) is 11.5. The molecular formula is C14H14O3. The van der Waals surface area contributed by atoms with Crippen molar-refractivity contribution in [2.24, 2.45) is 0 Å². The van der Waals surface area contributed by atoms with Gasteiger partial charge in [-0.05, 0) is 23.3 Å². The van der Waals surface area contributed by atoms with Gasteiger partial charge in [0.2, 0.25) is 0 Å². The van der Waals surface area contributed by atoms with Crippen LogP contribution in [0.5, 0.6) is 11.5 Å². The van der Waals surface area contributed by atoms with Crippen LogP contribution in [0.15, 0.2) is 48.5 Å². The lowest BCUT2D eigenvalue weighted by Crippen LogP contribution is -1.99. The Labute approximate surface area is 99.9 Å². The molecule has 0 radical (unpaired) electrons. The molecule has 0 aliphatic rings. The largest absolute Gasteiger partial charge is 0.504 e. The minimum Gasteiger partial charge on any atom is -0.504 e. The molecule has 3 heteroatoms. The fourth-order valence-corrected chi connectivity index (χ4v) is 1.69. The standard InChI is InChI=1S/C14H14O3/c1-17-13-9-11(7-8-12(13)15)14(16)10-5-3-2-4-6-10/h2-9,14-16H,1H3. The van der Waals surface area contributed by atoms with E-state index in [0.717, 1.165) is 5.56 Å². The molecule has 0 heterocycles. The van der Waals surface area contributed by atoms with Crippen molar-refractivity contribution in [2.45, 2.75) is 6.10 Å². The maximum absolute atomic E-state index is 10.2. The highest BCUT2D eigenvalue weighted by molar-refractivity contribution is 5.44. The summed E-state index contributed by atoms with van der Waals surface area (Å²) < 4.78 is 5.01. The van der Waals surface area contributed by atoms with Crippen molar-refractivity contribution in [3.05, 3.63) is 59.7 Å². The first-order chi connectivity index (χ1) is 8.22. The first-order valence-electron chi connectivity index (χ1n) is 5.32. The number of ether oxygens (including phenoxy) is 1. The van der Waals surface area contributed by atoms with Crippen LogP contribution in [-0.2, 0) is 0 Å². The summed E-state index contributed by atoms with van der Waals surface area (Å²) in [7, 11) is 1.48. The van der Waals surface area contributed by atoms with Gasteiger partial charge in [0.1, 0.15) is 6.10 Å². The van der Waals surface area contributed by atoms with Crippen LogP contribution in [0, 0.1) is 0 Å². The monoisotopic (exact) mass is 230 g/mol. The average molecular weight is 230 g/mol. The quantitative estimate of drug-likeness (QED) is 0.851. The van der Waals surface area contributed by atoms with E-state index in [4.69, 9.17) is 4.74 Å². The Hall–Kier alpha value is -2.00. The van der Waals surface area contributed by atoms with Gasteiger partial charge in [0, 0.05) is 0 Å². The van der Waals surface area contributed by atoms with Crippen LogP contribution in [0.2, 0.25) is 0 Å².